The maximum atomic E-state index is 12.9. The molecule has 0 unspecified atom stereocenters. The number of hydrogen-bond donors (Lipinski definition) is 2. The fourth-order valence-corrected chi connectivity index (χ4v) is 2.78. The van der Waals surface area contributed by atoms with Crippen LogP contribution >= 0.6 is 0 Å². The molecule has 9 heteroatoms. The van der Waals surface area contributed by atoms with Gasteiger partial charge < -0.3 is 19.8 Å². The van der Waals surface area contributed by atoms with E-state index in [9.17, 15) is 14.4 Å². The van der Waals surface area contributed by atoms with Crippen molar-refractivity contribution in [1.29, 1.82) is 0 Å². The number of aromatic nitrogens is 2. The van der Waals surface area contributed by atoms with E-state index in [0.717, 1.165) is 4.68 Å². The summed E-state index contributed by atoms with van der Waals surface area (Å²) in [6.45, 7) is 5.40. The molecule has 0 aliphatic heterocycles. The minimum Gasteiger partial charge on any atom is -0.492 e. The third-order valence-corrected chi connectivity index (χ3v) is 4.52. The molecule has 3 rings (SSSR count). The molecule has 0 bridgehead atoms. The van der Waals surface area contributed by atoms with Crippen molar-refractivity contribution in [3.8, 4) is 17.2 Å². The third-order valence-electron chi connectivity index (χ3n) is 4.52. The number of benzene rings is 1. The zero-order chi connectivity index (χ0) is 22.4. The monoisotopic (exact) mass is 424 g/mol. The molecule has 1 aromatic carbocycles. The zero-order valence-corrected chi connectivity index (χ0v) is 17.5. The number of hydrogen-bond acceptors (Lipinski definition) is 6. The lowest BCUT2D eigenvalue weighted by molar-refractivity contribution is -0.123. The van der Waals surface area contributed by atoms with Crippen molar-refractivity contribution in [3.63, 3.8) is 0 Å². The SMILES string of the molecule is CC(=O)NCCOc1ccc(NC(=O)C(C)(C)n2nc(-c3ccco3)ccc2=O)cc1. The highest BCUT2D eigenvalue weighted by atomic mass is 16.5. The first-order valence-electron chi connectivity index (χ1n) is 9.71. The van der Waals surface area contributed by atoms with E-state index in [0.29, 0.717) is 36.0 Å². The second kappa shape index (κ2) is 9.29. The van der Waals surface area contributed by atoms with Crippen LogP contribution in [-0.2, 0) is 15.1 Å². The Bertz CT molecular complexity index is 1100. The molecule has 3 aromatic rings. The summed E-state index contributed by atoms with van der Waals surface area (Å²) in [5, 5.41) is 9.76. The molecular formula is C22H24N4O5. The van der Waals surface area contributed by atoms with Crippen molar-refractivity contribution in [2.75, 3.05) is 18.5 Å². The summed E-state index contributed by atoms with van der Waals surface area (Å²) in [6.07, 6.45) is 1.51. The molecule has 2 amide bonds. The molecule has 2 heterocycles. The van der Waals surface area contributed by atoms with Gasteiger partial charge in [0.1, 0.15) is 23.6 Å². The Kier molecular flexibility index (Phi) is 6.54. The summed E-state index contributed by atoms with van der Waals surface area (Å²) < 4.78 is 12.0. The predicted molar refractivity (Wildman–Crippen MR) is 115 cm³/mol. The first-order valence-corrected chi connectivity index (χ1v) is 9.71. The highest BCUT2D eigenvalue weighted by Crippen LogP contribution is 2.21. The van der Waals surface area contributed by atoms with Gasteiger partial charge in [-0.05, 0) is 56.3 Å². The number of furan rings is 1. The molecule has 0 saturated heterocycles. The number of nitrogens with zero attached hydrogens (tertiary/aromatic N) is 2. The van der Waals surface area contributed by atoms with Gasteiger partial charge in [0.2, 0.25) is 5.91 Å². The summed E-state index contributed by atoms with van der Waals surface area (Å²) in [5.74, 6) is 0.580. The van der Waals surface area contributed by atoms with Gasteiger partial charge in [-0.15, -0.1) is 0 Å². The van der Waals surface area contributed by atoms with Crippen LogP contribution in [0.5, 0.6) is 5.75 Å². The number of anilines is 1. The van der Waals surface area contributed by atoms with Crippen LogP contribution in [0.15, 0.2) is 64.0 Å². The molecule has 9 nitrogen and oxygen atoms in total. The van der Waals surface area contributed by atoms with Gasteiger partial charge in [-0.25, -0.2) is 4.68 Å². The van der Waals surface area contributed by atoms with Gasteiger partial charge in [-0.2, -0.15) is 5.10 Å². The molecular weight excluding hydrogens is 400 g/mol. The van der Waals surface area contributed by atoms with Crippen LogP contribution in [0, 0.1) is 0 Å². The molecule has 31 heavy (non-hydrogen) atoms. The zero-order valence-electron chi connectivity index (χ0n) is 17.5. The van der Waals surface area contributed by atoms with Gasteiger partial charge in [-0.1, -0.05) is 0 Å². The summed E-state index contributed by atoms with van der Waals surface area (Å²) in [4.78, 5) is 36.2. The molecule has 0 aliphatic carbocycles. The Hall–Kier alpha value is -3.88. The van der Waals surface area contributed by atoms with Gasteiger partial charge in [0.05, 0.1) is 12.8 Å². The van der Waals surface area contributed by atoms with E-state index >= 15 is 0 Å². The molecule has 2 N–H and O–H groups in total. The van der Waals surface area contributed by atoms with Crippen molar-refractivity contribution in [2.45, 2.75) is 26.3 Å². The second-order valence-electron chi connectivity index (χ2n) is 7.31. The van der Waals surface area contributed by atoms with Crippen molar-refractivity contribution in [1.82, 2.24) is 15.1 Å². The average molecular weight is 424 g/mol. The van der Waals surface area contributed by atoms with Gasteiger partial charge in [0.25, 0.3) is 11.5 Å². The quantitative estimate of drug-likeness (QED) is 0.537. The fraction of sp³-hybridized carbons (Fsp3) is 0.273. The lowest BCUT2D eigenvalue weighted by Crippen LogP contribution is -2.47. The van der Waals surface area contributed by atoms with Gasteiger partial charge >= 0.3 is 0 Å². The summed E-state index contributed by atoms with van der Waals surface area (Å²) in [5.41, 5.74) is -0.667. The molecule has 0 aliphatic rings. The first-order chi connectivity index (χ1) is 14.8. The Morgan fingerprint density at radius 1 is 1.13 bits per heavy atom. The van der Waals surface area contributed by atoms with Crippen LogP contribution in [0.1, 0.15) is 20.8 Å². The maximum Gasteiger partial charge on any atom is 0.267 e. The van der Waals surface area contributed by atoms with Crippen molar-refractivity contribution in [2.24, 2.45) is 0 Å². The minimum absolute atomic E-state index is 0.118. The van der Waals surface area contributed by atoms with E-state index in [1.165, 1.54) is 19.3 Å². The Morgan fingerprint density at radius 3 is 2.52 bits per heavy atom. The highest BCUT2D eigenvalue weighted by molar-refractivity contribution is 5.96. The number of carbonyl (C=O) groups excluding carboxylic acids is 2. The third kappa shape index (κ3) is 5.39. The van der Waals surface area contributed by atoms with Crippen LogP contribution in [0.2, 0.25) is 0 Å². The van der Waals surface area contributed by atoms with E-state index in [4.69, 9.17) is 9.15 Å². The Balaban J connectivity index is 1.69. The van der Waals surface area contributed by atoms with Gasteiger partial charge in [0.15, 0.2) is 5.76 Å². The fourth-order valence-electron chi connectivity index (χ4n) is 2.78. The van der Waals surface area contributed by atoms with Crippen molar-refractivity contribution in [3.05, 3.63) is 65.1 Å². The normalized spacial score (nSPS) is 11.1. The van der Waals surface area contributed by atoms with Crippen molar-refractivity contribution < 1.29 is 18.7 Å². The first kappa shape index (κ1) is 21.8. The minimum atomic E-state index is -1.26. The van der Waals surface area contributed by atoms with Gasteiger partial charge in [0, 0.05) is 18.7 Å². The number of amides is 2. The topological polar surface area (TPSA) is 115 Å². The van der Waals surface area contributed by atoms with E-state index in [1.807, 2.05) is 0 Å². The molecule has 0 atom stereocenters. The average Bonchev–Trinajstić information content (AvgIpc) is 3.27. The highest BCUT2D eigenvalue weighted by Gasteiger charge is 2.32. The van der Waals surface area contributed by atoms with Crippen LogP contribution in [0.3, 0.4) is 0 Å². The largest absolute Gasteiger partial charge is 0.492 e. The smallest absolute Gasteiger partial charge is 0.267 e. The summed E-state index contributed by atoms with van der Waals surface area (Å²) >= 11 is 0. The lowest BCUT2D eigenvalue weighted by atomic mass is 10.0. The van der Waals surface area contributed by atoms with Gasteiger partial charge in [-0.3, -0.25) is 14.4 Å². The predicted octanol–water partition coefficient (Wildman–Crippen LogP) is 2.39. The Morgan fingerprint density at radius 2 is 1.87 bits per heavy atom. The molecule has 162 valence electrons. The number of carbonyl (C=O) groups is 2. The number of rotatable bonds is 8. The van der Waals surface area contributed by atoms with E-state index < -0.39 is 17.0 Å². The van der Waals surface area contributed by atoms with E-state index in [-0.39, 0.29) is 5.91 Å². The molecule has 2 aromatic heterocycles. The molecule has 0 spiro atoms. The van der Waals surface area contributed by atoms with E-state index in [2.05, 4.69) is 15.7 Å². The van der Waals surface area contributed by atoms with Crippen molar-refractivity contribution >= 4 is 17.5 Å². The molecule has 0 radical (unpaired) electrons. The standard InChI is InChI=1S/C22H24N4O5/c1-15(27)23-12-14-30-17-8-6-16(7-9-17)24-21(29)22(2,3)26-20(28)11-10-18(25-26)19-5-4-13-31-19/h4-11,13H,12,14H2,1-3H3,(H,23,27)(H,24,29). The molecule has 0 fully saturated rings. The molecule has 0 saturated carbocycles. The second-order valence-corrected chi connectivity index (χ2v) is 7.31. The number of ether oxygens (including phenoxy) is 1. The summed E-state index contributed by atoms with van der Waals surface area (Å²) in [6, 6.07) is 13.1. The maximum absolute atomic E-state index is 12.9. The van der Waals surface area contributed by atoms with Crippen LogP contribution < -0.4 is 20.9 Å². The Labute approximate surface area is 179 Å². The summed E-state index contributed by atoms with van der Waals surface area (Å²) in [7, 11) is 0. The van der Waals surface area contributed by atoms with Crippen LogP contribution in [0.25, 0.3) is 11.5 Å². The van der Waals surface area contributed by atoms with Crippen LogP contribution in [-0.4, -0.2) is 34.7 Å². The number of nitrogens with one attached hydrogen (secondary N) is 2. The lowest BCUT2D eigenvalue weighted by Gasteiger charge is -2.25. The van der Waals surface area contributed by atoms with E-state index in [1.54, 1.807) is 56.3 Å². The van der Waals surface area contributed by atoms with Crippen LogP contribution in [0.4, 0.5) is 5.69 Å².